The Morgan fingerprint density at radius 2 is 2.22 bits per heavy atom. The smallest absolute Gasteiger partial charge is 0.129 e. The van der Waals surface area contributed by atoms with E-state index in [2.05, 4.69) is 32.2 Å². The van der Waals surface area contributed by atoms with Crippen molar-refractivity contribution in [2.75, 3.05) is 13.1 Å². The molecule has 1 aromatic rings. The van der Waals surface area contributed by atoms with Gasteiger partial charge >= 0.3 is 0 Å². The first kappa shape index (κ1) is 13.4. The molecule has 0 aliphatic carbocycles. The van der Waals surface area contributed by atoms with Gasteiger partial charge in [0.25, 0.3) is 0 Å². The topological polar surface area (TPSA) is 41.5 Å². The Hall–Kier alpha value is -1.06. The van der Waals surface area contributed by atoms with Crippen LogP contribution in [0.4, 0.5) is 0 Å². The lowest BCUT2D eigenvalue weighted by molar-refractivity contribution is 0.125. The molecule has 2 N–H and O–H groups in total. The molecule has 1 aliphatic rings. The van der Waals surface area contributed by atoms with Crippen LogP contribution in [0.2, 0.25) is 0 Å². The molecule has 2 rings (SSSR count). The number of aliphatic hydroxyl groups is 1. The van der Waals surface area contributed by atoms with Crippen molar-refractivity contribution < 1.29 is 9.84 Å². The van der Waals surface area contributed by atoms with Crippen LogP contribution in [0.15, 0.2) is 18.2 Å². The highest BCUT2D eigenvalue weighted by Gasteiger charge is 2.32. The molecular formula is C15H23NO2. The lowest BCUT2D eigenvalue weighted by Crippen LogP contribution is -2.25. The second-order valence-electron chi connectivity index (χ2n) is 5.59. The number of rotatable bonds is 5. The van der Waals surface area contributed by atoms with E-state index >= 15 is 0 Å². The van der Waals surface area contributed by atoms with E-state index < -0.39 is 6.10 Å². The highest BCUT2D eigenvalue weighted by atomic mass is 16.5. The Morgan fingerprint density at radius 3 is 2.94 bits per heavy atom. The summed E-state index contributed by atoms with van der Waals surface area (Å²) in [6, 6.07) is 6.04. The van der Waals surface area contributed by atoms with Gasteiger partial charge in [0.2, 0.25) is 0 Å². The van der Waals surface area contributed by atoms with Gasteiger partial charge in [-0.15, -0.1) is 0 Å². The predicted molar refractivity (Wildman–Crippen MR) is 73.0 cm³/mol. The minimum Gasteiger partial charge on any atom is -0.487 e. The summed E-state index contributed by atoms with van der Waals surface area (Å²) < 4.78 is 5.97. The Labute approximate surface area is 109 Å². The summed E-state index contributed by atoms with van der Waals surface area (Å²) in [5, 5.41) is 13.5. The number of fused-ring (bicyclic) bond motifs is 1. The Balaban J connectivity index is 2.13. The summed E-state index contributed by atoms with van der Waals surface area (Å²) in [5.74, 6) is 0.883. The van der Waals surface area contributed by atoms with Crippen molar-refractivity contribution in [1.29, 1.82) is 0 Å². The second kappa shape index (κ2) is 5.29. The van der Waals surface area contributed by atoms with E-state index in [-0.39, 0.29) is 5.60 Å². The van der Waals surface area contributed by atoms with E-state index in [9.17, 15) is 5.11 Å². The van der Waals surface area contributed by atoms with Crippen LogP contribution in [0.1, 0.15) is 44.4 Å². The molecule has 0 saturated carbocycles. The van der Waals surface area contributed by atoms with Crippen LogP contribution in [0, 0.1) is 0 Å². The predicted octanol–water partition coefficient (Wildman–Crippen LogP) is 2.43. The fourth-order valence-electron chi connectivity index (χ4n) is 2.43. The zero-order valence-electron chi connectivity index (χ0n) is 11.5. The average Bonchev–Trinajstić information content (AvgIpc) is 2.62. The summed E-state index contributed by atoms with van der Waals surface area (Å²) in [6.45, 7) is 7.79. The first-order valence-electron chi connectivity index (χ1n) is 6.73. The molecular weight excluding hydrogens is 226 g/mol. The third-order valence-corrected chi connectivity index (χ3v) is 3.25. The summed E-state index contributed by atoms with van der Waals surface area (Å²) in [5.41, 5.74) is 1.95. The molecule has 1 aliphatic heterocycles. The summed E-state index contributed by atoms with van der Waals surface area (Å²) in [7, 11) is 0. The number of hydrogen-bond donors (Lipinski definition) is 2. The van der Waals surface area contributed by atoms with Gasteiger partial charge in [0, 0.05) is 18.5 Å². The highest BCUT2D eigenvalue weighted by molar-refractivity contribution is 5.46. The van der Waals surface area contributed by atoms with E-state index in [4.69, 9.17) is 4.74 Å². The maximum absolute atomic E-state index is 10.2. The first-order valence-corrected chi connectivity index (χ1v) is 6.73. The average molecular weight is 249 g/mol. The van der Waals surface area contributed by atoms with Crippen molar-refractivity contribution in [2.45, 2.75) is 45.3 Å². The molecule has 3 heteroatoms. The van der Waals surface area contributed by atoms with Gasteiger partial charge in [-0.05, 0) is 32.4 Å². The van der Waals surface area contributed by atoms with Crippen LogP contribution in [0.3, 0.4) is 0 Å². The van der Waals surface area contributed by atoms with Crippen LogP contribution in [-0.2, 0) is 6.42 Å². The van der Waals surface area contributed by atoms with Crippen LogP contribution in [0.5, 0.6) is 5.75 Å². The van der Waals surface area contributed by atoms with E-state index in [0.29, 0.717) is 6.54 Å². The van der Waals surface area contributed by atoms with Crippen molar-refractivity contribution in [3.05, 3.63) is 29.3 Å². The monoisotopic (exact) mass is 249 g/mol. The lowest BCUT2D eigenvalue weighted by atomic mass is 9.99. The summed E-state index contributed by atoms with van der Waals surface area (Å²) in [4.78, 5) is 0. The van der Waals surface area contributed by atoms with Crippen LogP contribution in [-0.4, -0.2) is 23.8 Å². The molecule has 0 aromatic heterocycles. The molecule has 1 heterocycles. The quantitative estimate of drug-likeness (QED) is 0.788. The van der Waals surface area contributed by atoms with Crippen LogP contribution < -0.4 is 10.1 Å². The molecule has 1 aromatic carbocycles. The van der Waals surface area contributed by atoms with Gasteiger partial charge in [-0.25, -0.2) is 0 Å². The molecule has 3 nitrogen and oxygen atoms in total. The molecule has 1 atom stereocenters. The Kier molecular flexibility index (Phi) is 3.93. The van der Waals surface area contributed by atoms with E-state index in [1.807, 2.05) is 12.1 Å². The largest absolute Gasteiger partial charge is 0.487 e. The van der Waals surface area contributed by atoms with Gasteiger partial charge < -0.3 is 15.2 Å². The van der Waals surface area contributed by atoms with E-state index in [1.54, 1.807) is 0 Å². The second-order valence-corrected chi connectivity index (χ2v) is 5.59. The SMILES string of the molecule is CCCNCC(O)c1cccc2c1OC(C)(C)C2. The van der Waals surface area contributed by atoms with Gasteiger partial charge in [-0.1, -0.05) is 25.1 Å². The Morgan fingerprint density at radius 1 is 1.44 bits per heavy atom. The number of ether oxygens (including phenoxy) is 1. The van der Waals surface area contributed by atoms with Gasteiger partial charge in [-0.2, -0.15) is 0 Å². The van der Waals surface area contributed by atoms with Gasteiger partial charge in [0.1, 0.15) is 11.4 Å². The molecule has 0 amide bonds. The summed E-state index contributed by atoms with van der Waals surface area (Å²) in [6.07, 6.45) is 1.48. The lowest BCUT2D eigenvalue weighted by Gasteiger charge is -2.20. The number of benzene rings is 1. The molecule has 0 spiro atoms. The minimum absolute atomic E-state index is 0.158. The zero-order valence-corrected chi connectivity index (χ0v) is 11.5. The van der Waals surface area contributed by atoms with Crippen molar-refractivity contribution >= 4 is 0 Å². The Bertz CT molecular complexity index is 415. The van der Waals surface area contributed by atoms with Crippen molar-refractivity contribution in [3.63, 3.8) is 0 Å². The molecule has 0 bridgehead atoms. The number of nitrogens with one attached hydrogen (secondary N) is 1. The molecule has 18 heavy (non-hydrogen) atoms. The minimum atomic E-state index is -0.500. The maximum Gasteiger partial charge on any atom is 0.129 e. The van der Waals surface area contributed by atoms with Gasteiger partial charge in [0.15, 0.2) is 0 Å². The van der Waals surface area contributed by atoms with Crippen LogP contribution in [0.25, 0.3) is 0 Å². The van der Waals surface area contributed by atoms with E-state index in [1.165, 1.54) is 5.56 Å². The van der Waals surface area contributed by atoms with E-state index in [0.717, 1.165) is 30.7 Å². The number of para-hydroxylation sites is 1. The molecule has 100 valence electrons. The third-order valence-electron chi connectivity index (χ3n) is 3.25. The van der Waals surface area contributed by atoms with Gasteiger partial charge in [0.05, 0.1) is 6.10 Å². The van der Waals surface area contributed by atoms with Crippen molar-refractivity contribution in [1.82, 2.24) is 5.32 Å². The van der Waals surface area contributed by atoms with Gasteiger partial charge in [-0.3, -0.25) is 0 Å². The molecule has 1 unspecified atom stereocenters. The fraction of sp³-hybridized carbons (Fsp3) is 0.600. The van der Waals surface area contributed by atoms with Crippen molar-refractivity contribution in [3.8, 4) is 5.75 Å². The normalized spacial score (nSPS) is 18.2. The molecule has 0 fully saturated rings. The molecule has 0 saturated heterocycles. The fourth-order valence-corrected chi connectivity index (χ4v) is 2.43. The zero-order chi connectivity index (χ0) is 13.2. The van der Waals surface area contributed by atoms with Crippen LogP contribution >= 0.6 is 0 Å². The standard InChI is InChI=1S/C15H23NO2/c1-4-8-16-10-13(17)12-7-5-6-11-9-15(2,3)18-14(11)12/h5-7,13,16-17H,4,8-10H2,1-3H3. The van der Waals surface area contributed by atoms with Crippen molar-refractivity contribution in [2.24, 2.45) is 0 Å². The maximum atomic E-state index is 10.2. The number of aliphatic hydroxyl groups excluding tert-OH is 1. The number of hydrogen-bond acceptors (Lipinski definition) is 3. The highest BCUT2D eigenvalue weighted by Crippen LogP contribution is 2.39. The first-order chi connectivity index (χ1) is 8.53. The molecule has 0 radical (unpaired) electrons. The summed E-state index contributed by atoms with van der Waals surface area (Å²) >= 11 is 0. The third kappa shape index (κ3) is 2.85.